The normalized spacial score (nSPS) is 20.0. The second-order valence-electron chi connectivity index (χ2n) is 3.73. The lowest BCUT2D eigenvalue weighted by molar-refractivity contribution is -0.120. The highest BCUT2D eigenvalue weighted by molar-refractivity contribution is 5.94. The molecule has 1 aliphatic rings. The van der Waals surface area contributed by atoms with E-state index in [9.17, 15) is 9.59 Å². The van der Waals surface area contributed by atoms with Crippen molar-refractivity contribution in [3.63, 3.8) is 0 Å². The highest BCUT2D eigenvalue weighted by atomic mass is 35.5. The van der Waals surface area contributed by atoms with E-state index in [2.05, 4.69) is 15.5 Å². The summed E-state index contributed by atoms with van der Waals surface area (Å²) in [6, 6.07) is -0.231. The Morgan fingerprint density at radius 3 is 2.69 bits per heavy atom. The summed E-state index contributed by atoms with van der Waals surface area (Å²) in [6.07, 6.45) is 1.32. The molecule has 16 heavy (non-hydrogen) atoms. The Balaban J connectivity index is 0.00000225. The largest absolute Gasteiger partial charge is 0.341 e. The fraction of sp³-hybridized carbons (Fsp3) is 0.778. The minimum Gasteiger partial charge on any atom is -0.341 e. The molecule has 0 aliphatic carbocycles. The van der Waals surface area contributed by atoms with Gasteiger partial charge in [0.15, 0.2) is 0 Å². The van der Waals surface area contributed by atoms with Crippen molar-refractivity contribution in [3.05, 3.63) is 0 Å². The van der Waals surface area contributed by atoms with Gasteiger partial charge in [0.1, 0.15) is 0 Å². The molecule has 4 N–H and O–H groups in total. The Kier molecular flexibility index (Phi) is 7.03. The fourth-order valence-electron chi connectivity index (χ4n) is 1.58. The van der Waals surface area contributed by atoms with Crippen molar-refractivity contribution in [2.45, 2.75) is 18.9 Å². The third-order valence-electron chi connectivity index (χ3n) is 2.44. The van der Waals surface area contributed by atoms with Gasteiger partial charge in [-0.1, -0.05) is 0 Å². The second-order valence-corrected chi connectivity index (χ2v) is 3.73. The minimum absolute atomic E-state index is 0. The number of nitrogens with one attached hydrogen (secondary N) is 2. The average molecular weight is 251 g/mol. The lowest BCUT2D eigenvalue weighted by atomic mass is 10.3. The van der Waals surface area contributed by atoms with E-state index in [1.165, 1.54) is 7.05 Å². The van der Waals surface area contributed by atoms with Crippen molar-refractivity contribution in [2.24, 2.45) is 5.73 Å². The summed E-state index contributed by atoms with van der Waals surface area (Å²) < 4.78 is 0. The molecule has 6 nitrogen and oxygen atoms in total. The average Bonchev–Trinajstić information content (AvgIpc) is 2.61. The van der Waals surface area contributed by atoms with Gasteiger partial charge in [-0.3, -0.25) is 10.1 Å². The number of likely N-dealkylation sites (tertiary alicyclic amines) is 1. The first-order valence-corrected chi connectivity index (χ1v) is 5.11. The second kappa shape index (κ2) is 7.43. The van der Waals surface area contributed by atoms with Gasteiger partial charge in [0.25, 0.3) is 0 Å². The number of nitrogens with zero attached hydrogens (tertiary/aromatic N) is 1. The Bertz CT molecular complexity index is 250. The summed E-state index contributed by atoms with van der Waals surface area (Å²) >= 11 is 0. The van der Waals surface area contributed by atoms with Crippen molar-refractivity contribution >= 4 is 24.3 Å². The van der Waals surface area contributed by atoms with E-state index in [0.29, 0.717) is 13.0 Å². The van der Waals surface area contributed by atoms with E-state index in [1.807, 2.05) is 0 Å². The van der Waals surface area contributed by atoms with Gasteiger partial charge in [0.2, 0.25) is 5.91 Å². The molecule has 0 spiro atoms. The molecule has 0 unspecified atom stereocenters. The fourth-order valence-corrected chi connectivity index (χ4v) is 1.58. The van der Waals surface area contributed by atoms with Gasteiger partial charge in [-0.25, -0.2) is 4.79 Å². The Morgan fingerprint density at radius 1 is 1.50 bits per heavy atom. The van der Waals surface area contributed by atoms with Crippen LogP contribution in [-0.4, -0.2) is 49.6 Å². The van der Waals surface area contributed by atoms with E-state index in [-0.39, 0.29) is 24.4 Å². The molecule has 0 radical (unpaired) electrons. The molecule has 1 aliphatic heterocycles. The lowest BCUT2D eigenvalue weighted by Gasteiger charge is -2.14. The predicted octanol–water partition coefficient (Wildman–Crippen LogP) is -0.713. The van der Waals surface area contributed by atoms with Crippen molar-refractivity contribution < 1.29 is 9.59 Å². The van der Waals surface area contributed by atoms with Gasteiger partial charge in [0.05, 0.1) is 0 Å². The molecule has 94 valence electrons. The van der Waals surface area contributed by atoms with Crippen molar-refractivity contribution in [1.82, 2.24) is 15.5 Å². The number of imide groups is 1. The molecule has 1 heterocycles. The molecule has 7 heteroatoms. The van der Waals surface area contributed by atoms with Crippen LogP contribution in [-0.2, 0) is 4.79 Å². The maximum absolute atomic E-state index is 11.2. The molecule has 0 bridgehead atoms. The third kappa shape index (κ3) is 5.29. The van der Waals surface area contributed by atoms with Gasteiger partial charge in [-0.2, -0.15) is 0 Å². The first-order valence-electron chi connectivity index (χ1n) is 5.11. The van der Waals surface area contributed by atoms with Crippen LogP contribution < -0.4 is 16.4 Å². The summed E-state index contributed by atoms with van der Waals surface area (Å²) in [7, 11) is 1.47. The molecule has 0 aromatic heterocycles. The molecular weight excluding hydrogens is 232 g/mol. The molecule has 0 aromatic carbocycles. The molecular formula is C9H19ClN4O2. The van der Waals surface area contributed by atoms with Crippen LogP contribution in [0.1, 0.15) is 12.8 Å². The number of carbonyl (C=O) groups is 2. The van der Waals surface area contributed by atoms with Crippen molar-refractivity contribution in [2.75, 3.05) is 26.7 Å². The summed E-state index contributed by atoms with van der Waals surface area (Å²) in [5, 5.41) is 4.54. The number of urea groups is 1. The zero-order valence-corrected chi connectivity index (χ0v) is 10.2. The van der Waals surface area contributed by atoms with Crippen LogP contribution in [0.2, 0.25) is 0 Å². The van der Waals surface area contributed by atoms with Gasteiger partial charge >= 0.3 is 6.03 Å². The zero-order chi connectivity index (χ0) is 11.3. The Morgan fingerprint density at radius 2 is 2.19 bits per heavy atom. The zero-order valence-electron chi connectivity index (χ0n) is 9.36. The molecule has 0 saturated carbocycles. The molecule has 1 atom stereocenters. The smallest absolute Gasteiger partial charge is 0.321 e. The van der Waals surface area contributed by atoms with Crippen LogP contribution in [0.5, 0.6) is 0 Å². The van der Waals surface area contributed by atoms with Crippen LogP contribution in [0.25, 0.3) is 0 Å². The highest BCUT2D eigenvalue weighted by Gasteiger charge is 2.19. The first kappa shape index (κ1) is 15.2. The number of hydrogen-bond donors (Lipinski definition) is 3. The van der Waals surface area contributed by atoms with Crippen LogP contribution in [0, 0.1) is 0 Å². The monoisotopic (exact) mass is 250 g/mol. The number of halogens is 1. The number of amides is 3. The minimum atomic E-state index is -0.460. The van der Waals surface area contributed by atoms with Crippen LogP contribution in [0.15, 0.2) is 0 Å². The molecule has 1 saturated heterocycles. The predicted molar refractivity (Wildman–Crippen MR) is 63.5 cm³/mol. The van der Waals surface area contributed by atoms with E-state index < -0.39 is 6.03 Å². The molecule has 0 aromatic rings. The van der Waals surface area contributed by atoms with Gasteiger partial charge in [-0.15, -0.1) is 12.4 Å². The SMILES string of the molecule is CNC(=O)NC(=O)CCN1CC[C@@H](N)C1.Cl. The quantitative estimate of drug-likeness (QED) is 0.617. The van der Waals surface area contributed by atoms with Crippen LogP contribution in [0.4, 0.5) is 4.79 Å². The van der Waals surface area contributed by atoms with Crippen LogP contribution >= 0.6 is 12.4 Å². The number of nitrogens with two attached hydrogens (primary N) is 1. The van der Waals surface area contributed by atoms with Gasteiger partial charge < -0.3 is 16.0 Å². The Hall–Kier alpha value is -0.850. The maximum atomic E-state index is 11.2. The van der Waals surface area contributed by atoms with E-state index in [0.717, 1.165) is 19.5 Å². The summed E-state index contributed by atoms with van der Waals surface area (Å²) in [5.41, 5.74) is 5.73. The van der Waals surface area contributed by atoms with E-state index >= 15 is 0 Å². The van der Waals surface area contributed by atoms with Crippen LogP contribution in [0.3, 0.4) is 0 Å². The standard InChI is InChI=1S/C9H18N4O2.ClH/c1-11-9(15)12-8(14)3-5-13-4-2-7(10)6-13;/h7H,2-6,10H2,1H3,(H2,11,12,14,15);1H/t7-;/m1./s1. The number of hydrogen-bond acceptors (Lipinski definition) is 4. The van der Waals surface area contributed by atoms with Crippen molar-refractivity contribution in [1.29, 1.82) is 0 Å². The molecule has 1 rings (SSSR count). The molecule has 1 fully saturated rings. The number of carbonyl (C=O) groups excluding carboxylic acids is 2. The summed E-state index contributed by atoms with van der Waals surface area (Å²) in [6.45, 7) is 2.44. The number of rotatable bonds is 3. The third-order valence-corrected chi connectivity index (χ3v) is 2.44. The van der Waals surface area contributed by atoms with Gasteiger partial charge in [-0.05, 0) is 13.0 Å². The summed E-state index contributed by atoms with van der Waals surface area (Å²) in [5.74, 6) is -0.255. The summed E-state index contributed by atoms with van der Waals surface area (Å²) in [4.78, 5) is 24.1. The van der Waals surface area contributed by atoms with Crippen molar-refractivity contribution in [3.8, 4) is 0 Å². The molecule has 3 amide bonds. The van der Waals surface area contributed by atoms with E-state index in [4.69, 9.17) is 5.73 Å². The maximum Gasteiger partial charge on any atom is 0.321 e. The van der Waals surface area contributed by atoms with E-state index in [1.54, 1.807) is 0 Å². The topological polar surface area (TPSA) is 87.5 Å². The highest BCUT2D eigenvalue weighted by Crippen LogP contribution is 2.06. The Labute approximate surface area is 101 Å². The first-order chi connectivity index (χ1) is 7.11. The van der Waals surface area contributed by atoms with Gasteiger partial charge in [0, 0.05) is 32.6 Å². The lowest BCUT2D eigenvalue weighted by Crippen LogP contribution is -2.39.